The van der Waals surface area contributed by atoms with Gasteiger partial charge in [0.15, 0.2) is 17.8 Å². The van der Waals surface area contributed by atoms with Gasteiger partial charge < -0.3 is 18.9 Å². The van der Waals surface area contributed by atoms with Crippen LogP contribution < -0.4 is 9.47 Å². The molecule has 110 valence electrons. The Kier molecular flexibility index (Phi) is 4.13. The summed E-state index contributed by atoms with van der Waals surface area (Å²) >= 11 is 0. The lowest BCUT2D eigenvalue weighted by molar-refractivity contribution is -0.243. The first kappa shape index (κ1) is 13.7. The van der Waals surface area contributed by atoms with Crippen LogP contribution in [-0.2, 0) is 9.47 Å². The van der Waals surface area contributed by atoms with Crippen LogP contribution in [-0.4, -0.2) is 19.5 Å². The number of fused-ring (bicyclic) bond motifs is 1. The number of benzene rings is 1. The van der Waals surface area contributed by atoms with E-state index in [9.17, 15) is 0 Å². The zero-order valence-electron chi connectivity index (χ0n) is 12.1. The standard InChI is InChI=1S/C16H22O4/c1-3-5-13-11(4-2)9-17-16(20-13)12-6-7-14-15(8-12)19-10-18-14/h6-8,11,13,16H,3-5,9-10H2,1-2H3/t11-,13-,16+/m1/s1. The lowest BCUT2D eigenvalue weighted by atomic mass is 9.95. The molecule has 4 nitrogen and oxygen atoms in total. The summed E-state index contributed by atoms with van der Waals surface area (Å²) in [7, 11) is 0. The van der Waals surface area contributed by atoms with Gasteiger partial charge >= 0.3 is 0 Å². The quantitative estimate of drug-likeness (QED) is 0.842. The van der Waals surface area contributed by atoms with E-state index < -0.39 is 0 Å². The van der Waals surface area contributed by atoms with E-state index in [2.05, 4.69) is 13.8 Å². The van der Waals surface area contributed by atoms with Gasteiger partial charge in [-0.25, -0.2) is 0 Å². The van der Waals surface area contributed by atoms with E-state index in [0.29, 0.717) is 12.7 Å². The van der Waals surface area contributed by atoms with Gasteiger partial charge in [0, 0.05) is 11.5 Å². The van der Waals surface area contributed by atoms with E-state index >= 15 is 0 Å². The van der Waals surface area contributed by atoms with Crippen molar-refractivity contribution in [2.75, 3.05) is 13.4 Å². The third-order valence-corrected chi connectivity index (χ3v) is 4.05. The van der Waals surface area contributed by atoms with Crippen LogP contribution in [0.15, 0.2) is 18.2 Å². The number of hydrogen-bond acceptors (Lipinski definition) is 4. The van der Waals surface area contributed by atoms with Crippen LogP contribution >= 0.6 is 0 Å². The lowest BCUT2D eigenvalue weighted by Gasteiger charge is -2.36. The SMILES string of the molecule is CCC[C@H]1O[C@@H](c2ccc3c(c2)OCO3)OC[C@H]1CC. The number of rotatable bonds is 4. The lowest BCUT2D eigenvalue weighted by Crippen LogP contribution is -2.35. The normalized spacial score (nSPS) is 28.6. The largest absolute Gasteiger partial charge is 0.454 e. The van der Waals surface area contributed by atoms with Crippen LogP contribution in [0.4, 0.5) is 0 Å². The van der Waals surface area contributed by atoms with Crippen LogP contribution in [0.2, 0.25) is 0 Å². The van der Waals surface area contributed by atoms with Crippen LogP contribution in [0.25, 0.3) is 0 Å². The molecular weight excluding hydrogens is 256 g/mol. The summed E-state index contributed by atoms with van der Waals surface area (Å²) in [6, 6.07) is 5.88. The fraction of sp³-hybridized carbons (Fsp3) is 0.625. The predicted octanol–water partition coefficient (Wildman–Crippen LogP) is 3.66. The highest BCUT2D eigenvalue weighted by Gasteiger charge is 2.31. The summed E-state index contributed by atoms with van der Waals surface area (Å²) in [6.07, 6.45) is 3.31. The van der Waals surface area contributed by atoms with Crippen LogP contribution in [0, 0.1) is 5.92 Å². The van der Waals surface area contributed by atoms with Crippen molar-refractivity contribution in [3.05, 3.63) is 23.8 Å². The van der Waals surface area contributed by atoms with Gasteiger partial charge in [-0.05, 0) is 31.0 Å². The van der Waals surface area contributed by atoms with E-state index in [1.165, 1.54) is 0 Å². The van der Waals surface area contributed by atoms with Gasteiger partial charge in [0.05, 0.1) is 12.7 Å². The Hall–Kier alpha value is -1.26. The second-order valence-electron chi connectivity index (χ2n) is 5.41. The molecule has 3 rings (SSSR count). The molecule has 0 saturated carbocycles. The molecule has 1 aromatic carbocycles. The fourth-order valence-electron chi connectivity index (χ4n) is 2.83. The summed E-state index contributed by atoms with van der Waals surface area (Å²) in [5.41, 5.74) is 1.00. The topological polar surface area (TPSA) is 36.9 Å². The zero-order valence-corrected chi connectivity index (χ0v) is 12.1. The van der Waals surface area contributed by atoms with E-state index in [1.54, 1.807) is 0 Å². The molecule has 0 amide bonds. The van der Waals surface area contributed by atoms with E-state index in [0.717, 1.165) is 42.9 Å². The van der Waals surface area contributed by atoms with Gasteiger partial charge in [-0.3, -0.25) is 0 Å². The molecule has 1 fully saturated rings. The average molecular weight is 278 g/mol. The Bertz CT molecular complexity index is 460. The van der Waals surface area contributed by atoms with Crippen molar-refractivity contribution in [2.45, 2.75) is 45.5 Å². The molecule has 0 aliphatic carbocycles. The molecule has 1 saturated heterocycles. The van der Waals surface area contributed by atoms with Crippen molar-refractivity contribution in [1.29, 1.82) is 0 Å². The minimum absolute atomic E-state index is 0.286. The average Bonchev–Trinajstić information content (AvgIpc) is 2.95. The third-order valence-electron chi connectivity index (χ3n) is 4.05. The maximum atomic E-state index is 6.16. The number of ether oxygens (including phenoxy) is 4. The van der Waals surface area contributed by atoms with Gasteiger partial charge in [0.25, 0.3) is 0 Å². The molecule has 2 heterocycles. The monoisotopic (exact) mass is 278 g/mol. The molecule has 2 aliphatic rings. The zero-order chi connectivity index (χ0) is 13.9. The van der Waals surface area contributed by atoms with Crippen molar-refractivity contribution in [3.8, 4) is 11.5 Å². The minimum atomic E-state index is -0.288. The molecule has 4 heteroatoms. The highest BCUT2D eigenvalue weighted by molar-refractivity contribution is 5.44. The fourth-order valence-corrected chi connectivity index (χ4v) is 2.83. The molecule has 0 aromatic heterocycles. The van der Waals surface area contributed by atoms with Gasteiger partial charge in [0.1, 0.15) is 0 Å². The molecule has 1 aromatic rings. The maximum absolute atomic E-state index is 6.16. The second kappa shape index (κ2) is 6.02. The predicted molar refractivity (Wildman–Crippen MR) is 74.8 cm³/mol. The molecule has 20 heavy (non-hydrogen) atoms. The second-order valence-corrected chi connectivity index (χ2v) is 5.41. The molecular formula is C16H22O4. The van der Waals surface area contributed by atoms with Crippen molar-refractivity contribution >= 4 is 0 Å². The van der Waals surface area contributed by atoms with E-state index in [-0.39, 0.29) is 12.4 Å². The molecule has 0 spiro atoms. The summed E-state index contributed by atoms with van der Waals surface area (Å²) in [5.74, 6) is 2.07. The van der Waals surface area contributed by atoms with Crippen molar-refractivity contribution in [1.82, 2.24) is 0 Å². The Morgan fingerprint density at radius 2 is 2.00 bits per heavy atom. The summed E-state index contributed by atoms with van der Waals surface area (Å²) in [6.45, 7) is 5.45. The molecule has 0 radical (unpaired) electrons. The van der Waals surface area contributed by atoms with Crippen LogP contribution in [0.1, 0.15) is 45.0 Å². The first-order chi connectivity index (χ1) is 9.81. The van der Waals surface area contributed by atoms with Crippen LogP contribution in [0.3, 0.4) is 0 Å². The van der Waals surface area contributed by atoms with Gasteiger partial charge in [-0.15, -0.1) is 0 Å². The van der Waals surface area contributed by atoms with Gasteiger partial charge in [0.2, 0.25) is 6.79 Å². The summed E-state index contributed by atoms with van der Waals surface area (Å²) in [4.78, 5) is 0. The van der Waals surface area contributed by atoms with Gasteiger partial charge in [-0.2, -0.15) is 0 Å². The highest BCUT2D eigenvalue weighted by atomic mass is 16.7. The van der Waals surface area contributed by atoms with E-state index in [1.807, 2.05) is 18.2 Å². The molecule has 2 aliphatic heterocycles. The molecule has 0 N–H and O–H groups in total. The summed E-state index contributed by atoms with van der Waals surface area (Å²) < 4.78 is 22.8. The Morgan fingerprint density at radius 1 is 1.15 bits per heavy atom. The molecule has 0 bridgehead atoms. The van der Waals surface area contributed by atoms with Gasteiger partial charge in [-0.1, -0.05) is 20.3 Å². The molecule has 3 atom stereocenters. The maximum Gasteiger partial charge on any atom is 0.231 e. The summed E-state index contributed by atoms with van der Waals surface area (Å²) in [5, 5.41) is 0. The molecule has 0 unspecified atom stereocenters. The van der Waals surface area contributed by atoms with Crippen molar-refractivity contribution in [3.63, 3.8) is 0 Å². The Morgan fingerprint density at radius 3 is 2.80 bits per heavy atom. The van der Waals surface area contributed by atoms with Crippen LogP contribution in [0.5, 0.6) is 11.5 Å². The first-order valence-electron chi connectivity index (χ1n) is 7.48. The third kappa shape index (κ3) is 2.63. The smallest absolute Gasteiger partial charge is 0.231 e. The minimum Gasteiger partial charge on any atom is -0.454 e. The Labute approximate surface area is 120 Å². The van der Waals surface area contributed by atoms with E-state index in [4.69, 9.17) is 18.9 Å². The van der Waals surface area contributed by atoms with Crippen molar-refractivity contribution in [2.24, 2.45) is 5.92 Å². The van der Waals surface area contributed by atoms with Crippen molar-refractivity contribution < 1.29 is 18.9 Å². The first-order valence-corrected chi connectivity index (χ1v) is 7.48. The highest BCUT2D eigenvalue weighted by Crippen LogP contribution is 2.38. The Balaban J connectivity index is 1.74. The number of hydrogen-bond donors (Lipinski definition) is 0.